The Morgan fingerprint density at radius 3 is 2.58 bits per heavy atom. The van der Waals surface area contributed by atoms with Gasteiger partial charge in [0.2, 0.25) is 10.0 Å². The van der Waals surface area contributed by atoms with Gasteiger partial charge < -0.3 is 4.90 Å². The van der Waals surface area contributed by atoms with Crippen molar-refractivity contribution in [2.45, 2.75) is 31.2 Å². The molecule has 0 bridgehead atoms. The number of unbranched alkanes of at least 4 members (excludes halogenated alkanes) is 1. The van der Waals surface area contributed by atoms with Gasteiger partial charge in [-0.15, -0.1) is 0 Å². The number of benzene rings is 2. The molecule has 2 aromatic rings. The molecule has 5 nitrogen and oxygen atoms in total. The highest BCUT2D eigenvalue weighted by atomic mass is 32.2. The fourth-order valence-electron chi connectivity index (χ4n) is 2.41. The molecule has 0 unspecified atom stereocenters. The van der Waals surface area contributed by atoms with Crippen molar-refractivity contribution in [1.82, 2.24) is 9.62 Å². The van der Waals surface area contributed by atoms with Crippen molar-refractivity contribution in [1.29, 1.82) is 0 Å². The average Bonchev–Trinajstić information content (AvgIpc) is 2.65. The molecule has 140 valence electrons. The van der Waals surface area contributed by atoms with Crippen LogP contribution in [0.4, 0.5) is 4.39 Å². The third-order valence-corrected chi connectivity index (χ3v) is 5.39. The van der Waals surface area contributed by atoms with E-state index in [2.05, 4.69) is 4.72 Å². The highest BCUT2D eigenvalue weighted by Crippen LogP contribution is 2.15. The zero-order chi connectivity index (χ0) is 19.2. The maximum atomic E-state index is 13.6. The van der Waals surface area contributed by atoms with Gasteiger partial charge in [-0.2, -0.15) is 0 Å². The van der Waals surface area contributed by atoms with Crippen molar-refractivity contribution < 1.29 is 17.6 Å². The van der Waals surface area contributed by atoms with E-state index in [1.165, 1.54) is 36.4 Å². The fraction of sp³-hybridized carbons (Fsp3) is 0.316. The van der Waals surface area contributed by atoms with Gasteiger partial charge >= 0.3 is 0 Å². The van der Waals surface area contributed by atoms with Crippen LogP contribution in [0.5, 0.6) is 0 Å². The van der Waals surface area contributed by atoms with E-state index in [1.54, 1.807) is 24.1 Å². The quantitative estimate of drug-likeness (QED) is 0.767. The highest BCUT2D eigenvalue weighted by molar-refractivity contribution is 7.89. The summed E-state index contributed by atoms with van der Waals surface area (Å²) in [6, 6.07) is 11.8. The normalized spacial score (nSPS) is 11.3. The summed E-state index contributed by atoms with van der Waals surface area (Å²) in [5, 5.41) is 0. The van der Waals surface area contributed by atoms with Crippen LogP contribution in [0.3, 0.4) is 0 Å². The fourth-order valence-corrected chi connectivity index (χ4v) is 3.46. The summed E-state index contributed by atoms with van der Waals surface area (Å²) in [4.78, 5) is 14.0. The van der Waals surface area contributed by atoms with Crippen molar-refractivity contribution in [3.8, 4) is 0 Å². The topological polar surface area (TPSA) is 66.5 Å². The van der Waals surface area contributed by atoms with Crippen molar-refractivity contribution >= 4 is 15.9 Å². The molecule has 0 aliphatic carbocycles. The summed E-state index contributed by atoms with van der Waals surface area (Å²) in [5.41, 5.74) is 0.556. The number of amides is 1. The molecule has 2 rings (SSSR count). The first-order valence-corrected chi connectivity index (χ1v) is 9.92. The molecular formula is C19H23FN2O3S. The lowest BCUT2D eigenvalue weighted by atomic mass is 10.2. The second-order valence-electron chi connectivity index (χ2n) is 6.02. The maximum Gasteiger partial charge on any atom is 0.253 e. The highest BCUT2D eigenvalue weighted by Gasteiger charge is 2.18. The number of nitrogens with one attached hydrogen (secondary N) is 1. The van der Waals surface area contributed by atoms with Crippen LogP contribution in [-0.4, -0.2) is 32.8 Å². The van der Waals surface area contributed by atoms with Crippen molar-refractivity contribution in [3.63, 3.8) is 0 Å². The van der Waals surface area contributed by atoms with Crippen molar-refractivity contribution in [3.05, 3.63) is 65.5 Å². The van der Waals surface area contributed by atoms with Crippen LogP contribution in [0.25, 0.3) is 0 Å². The Morgan fingerprint density at radius 2 is 1.88 bits per heavy atom. The molecule has 0 saturated heterocycles. The summed E-state index contributed by atoms with van der Waals surface area (Å²) in [6.07, 6.45) is 1.84. The Hall–Kier alpha value is -2.25. The Bertz CT molecular complexity index is 869. The van der Waals surface area contributed by atoms with Crippen molar-refractivity contribution in [2.24, 2.45) is 0 Å². The largest absolute Gasteiger partial charge is 0.342 e. The lowest BCUT2D eigenvalue weighted by molar-refractivity contribution is 0.0793. The third-order valence-electron chi connectivity index (χ3n) is 4.00. The second kappa shape index (κ2) is 8.91. The summed E-state index contributed by atoms with van der Waals surface area (Å²) in [7, 11) is -2.17. The maximum absolute atomic E-state index is 13.6. The van der Waals surface area contributed by atoms with Gasteiger partial charge in [0.1, 0.15) is 5.82 Å². The minimum absolute atomic E-state index is 0.0245. The second-order valence-corrected chi connectivity index (χ2v) is 7.79. The van der Waals surface area contributed by atoms with Crippen LogP contribution in [0.1, 0.15) is 35.7 Å². The van der Waals surface area contributed by atoms with Crippen LogP contribution < -0.4 is 4.72 Å². The predicted octanol–water partition coefficient (Wildman–Crippen LogP) is 3.18. The van der Waals surface area contributed by atoms with Gasteiger partial charge in [-0.3, -0.25) is 4.79 Å². The Kier molecular flexibility index (Phi) is 6.88. The van der Waals surface area contributed by atoms with Gasteiger partial charge in [0.25, 0.3) is 5.91 Å². The van der Waals surface area contributed by atoms with Crippen LogP contribution in [0.15, 0.2) is 53.4 Å². The first kappa shape index (κ1) is 20.1. The lowest BCUT2D eigenvalue weighted by Gasteiger charge is -2.17. The Labute approximate surface area is 153 Å². The van der Waals surface area contributed by atoms with Gasteiger partial charge in [-0.1, -0.05) is 37.6 Å². The molecule has 0 fully saturated rings. The third kappa shape index (κ3) is 5.12. The molecule has 0 saturated carbocycles. The summed E-state index contributed by atoms with van der Waals surface area (Å²) in [5.74, 6) is -0.707. The van der Waals surface area contributed by atoms with E-state index >= 15 is 0 Å². The summed E-state index contributed by atoms with van der Waals surface area (Å²) < 4.78 is 41.0. The molecular weight excluding hydrogens is 355 g/mol. The van der Waals surface area contributed by atoms with E-state index in [9.17, 15) is 17.6 Å². The molecule has 0 spiro atoms. The van der Waals surface area contributed by atoms with Crippen LogP contribution >= 0.6 is 0 Å². The van der Waals surface area contributed by atoms with E-state index in [-0.39, 0.29) is 22.9 Å². The molecule has 0 aliphatic rings. The van der Waals surface area contributed by atoms with Crippen LogP contribution in [-0.2, 0) is 16.6 Å². The number of carbonyl (C=O) groups is 1. The number of sulfonamides is 1. The molecule has 0 aromatic heterocycles. The number of rotatable bonds is 8. The zero-order valence-corrected chi connectivity index (χ0v) is 15.7. The molecule has 1 amide bonds. The molecule has 26 heavy (non-hydrogen) atoms. The van der Waals surface area contributed by atoms with E-state index in [0.29, 0.717) is 12.1 Å². The SMILES string of the molecule is CCCCN(C)C(=O)c1cccc(S(=O)(=O)NCc2ccccc2F)c1. The molecule has 2 aromatic carbocycles. The zero-order valence-electron chi connectivity index (χ0n) is 14.9. The predicted molar refractivity (Wildman–Crippen MR) is 98.7 cm³/mol. The van der Waals surface area contributed by atoms with Gasteiger partial charge in [0, 0.05) is 31.3 Å². The average molecular weight is 378 g/mol. The summed E-state index contributed by atoms with van der Waals surface area (Å²) in [6.45, 7) is 2.48. The Morgan fingerprint density at radius 1 is 1.15 bits per heavy atom. The molecule has 0 aliphatic heterocycles. The van der Waals surface area contributed by atoms with E-state index < -0.39 is 15.8 Å². The van der Waals surface area contributed by atoms with E-state index in [4.69, 9.17) is 0 Å². The molecule has 0 heterocycles. The number of halogens is 1. The minimum Gasteiger partial charge on any atom is -0.342 e. The molecule has 0 atom stereocenters. The Balaban J connectivity index is 2.15. The van der Waals surface area contributed by atoms with E-state index in [0.717, 1.165) is 12.8 Å². The van der Waals surface area contributed by atoms with Crippen molar-refractivity contribution in [2.75, 3.05) is 13.6 Å². The number of hydrogen-bond acceptors (Lipinski definition) is 3. The molecule has 1 N–H and O–H groups in total. The number of hydrogen-bond donors (Lipinski definition) is 1. The van der Waals surface area contributed by atoms with Crippen LogP contribution in [0, 0.1) is 5.82 Å². The van der Waals surface area contributed by atoms with Gasteiger partial charge in [-0.25, -0.2) is 17.5 Å². The van der Waals surface area contributed by atoms with E-state index in [1.807, 2.05) is 6.92 Å². The number of nitrogens with zero attached hydrogens (tertiary/aromatic N) is 1. The van der Waals surface area contributed by atoms with Gasteiger partial charge in [0.05, 0.1) is 4.90 Å². The molecule has 0 radical (unpaired) electrons. The number of carbonyl (C=O) groups excluding carboxylic acids is 1. The monoisotopic (exact) mass is 378 g/mol. The van der Waals surface area contributed by atoms with Gasteiger partial charge in [0.15, 0.2) is 0 Å². The minimum atomic E-state index is -3.86. The van der Waals surface area contributed by atoms with Gasteiger partial charge in [-0.05, 0) is 30.7 Å². The first-order valence-electron chi connectivity index (χ1n) is 8.43. The summed E-state index contributed by atoms with van der Waals surface area (Å²) >= 11 is 0. The van der Waals surface area contributed by atoms with Crippen LogP contribution in [0.2, 0.25) is 0 Å². The smallest absolute Gasteiger partial charge is 0.253 e. The lowest BCUT2D eigenvalue weighted by Crippen LogP contribution is -2.28. The molecule has 7 heteroatoms. The standard InChI is InChI=1S/C19H23FN2O3S/c1-3-4-12-22(2)19(23)15-9-7-10-17(13-15)26(24,25)21-14-16-8-5-6-11-18(16)20/h5-11,13,21H,3-4,12,14H2,1-2H3. The first-order chi connectivity index (χ1) is 12.3.